The molecule has 1 atom stereocenters. The summed E-state index contributed by atoms with van der Waals surface area (Å²) in [6.45, 7) is 4.13. The summed E-state index contributed by atoms with van der Waals surface area (Å²) in [5.41, 5.74) is 3.54. The van der Waals surface area contributed by atoms with Gasteiger partial charge in [-0.1, -0.05) is 0 Å². The smallest absolute Gasteiger partial charge is 0.226 e. The molecule has 1 unspecified atom stereocenters. The number of benzene rings is 1. The Morgan fingerprint density at radius 2 is 1.92 bits per heavy atom. The Bertz CT molecular complexity index is 775. The Morgan fingerprint density at radius 1 is 1.12 bits per heavy atom. The van der Waals surface area contributed by atoms with Gasteiger partial charge < -0.3 is 19.6 Å². The second-order valence-corrected chi connectivity index (χ2v) is 6.46. The minimum Gasteiger partial charge on any atom is -0.460 e. The number of hydrogen-bond acceptors (Lipinski definition) is 5. The number of aryl methyl sites for hydroxylation is 1. The second-order valence-electron chi connectivity index (χ2n) is 6.46. The molecular formula is C18H22N4O2. The van der Waals surface area contributed by atoms with Crippen LogP contribution in [0, 0.1) is 0 Å². The van der Waals surface area contributed by atoms with Crippen molar-refractivity contribution >= 4 is 17.3 Å². The third-order valence-electron chi connectivity index (χ3n) is 4.69. The molecule has 2 aliphatic heterocycles. The molecule has 0 aliphatic carbocycles. The summed E-state index contributed by atoms with van der Waals surface area (Å²) in [5, 5.41) is 14.7. The zero-order valence-electron chi connectivity index (χ0n) is 14.0. The van der Waals surface area contributed by atoms with Gasteiger partial charge in [0.15, 0.2) is 0 Å². The number of rotatable bonds is 2. The fourth-order valence-electron chi connectivity index (χ4n) is 3.20. The van der Waals surface area contributed by atoms with E-state index in [9.17, 15) is 5.11 Å². The quantitative estimate of drug-likeness (QED) is 0.905. The van der Waals surface area contributed by atoms with Gasteiger partial charge >= 0.3 is 0 Å². The molecule has 1 fully saturated rings. The van der Waals surface area contributed by atoms with E-state index >= 15 is 0 Å². The first-order valence-corrected chi connectivity index (χ1v) is 8.24. The van der Waals surface area contributed by atoms with Crippen LogP contribution >= 0.6 is 0 Å². The summed E-state index contributed by atoms with van der Waals surface area (Å²) in [6.07, 6.45) is 2.82. The molecule has 1 aromatic carbocycles. The number of aromatic nitrogens is 2. The summed E-state index contributed by atoms with van der Waals surface area (Å²) < 4.78 is 7.48. The van der Waals surface area contributed by atoms with Crippen molar-refractivity contribution in [3.8, 4) is 5.75 Å². The number of aliphatic hydroxyl groups excluding tert-OH is 1. The lowest BCUT2D eigenvalue weighted by Gasteiger charge is -2.34. The fraction of sp³-hybridized carbons (Fsp3) is 0.389. The van der Waals surface area contributed by atoms with Gasteiger partial charge in [0.25, 0.3) is 0 Å². The average Bonchev–Trinajstić information content (AvgIpc) is 3.00. The third-order valence-corrected chi connectivity index (χ3v) is 4.69. The minimum absolute atomic E-state index is 0.690. The maximum Gasteiger partial charge on any atom is 0.226 e. The number of fused-ring (bicyclic) bond motifs is 1. The first kappa shape index (κ1) is 15.2. The Labute approximate surface area is 141 Å². The molecular weight excluding hydrogens is 304 g/mol. The molecule has 1 N–H and O–H groups in total. The highest BCUT2D eigenvalue weighted by atomic mass is 16.6. The number of hydrogen-bond donors (Lipinski definition) is 1. The maximum absolute atomic E-state index is 10.4. The van der Waals surface area contributed by atoms with Crippen molar-refractivity contribution in [1.29, 1.82) is 0 Å². The van der Waals surface area contributed by atoms with Crippen LogP contribution in [-0.4, -0.2) is 59.3 Å². The molecule has 0 amide bonds. The number of aliphatic hydroxyl groups is 1. The molecule has 24 heavy (non-hydrogen) atoms. The van der Waals surface area contributed by atoms with E-state index in [2.05, 4.69) is 34.1 Å². The topological polar surface area (TPSA) is 53.8 Å². The highest BCUT2D eigenvalue weighted by molar-refractivity contribution is 5.85. The van der Waals surface area contributed by atoms with Gasteiger partial charge in [-0.25, -0.2) is 0 Å². The number of likely N-dealkylation sites (N-methyl/N-ethyl adjacent to an activating group) is 1. The lowest BCUT2D eigenvalue weighted by atomic mass is 10.0. The Morgan fingerprint density at radius 3 is 2.62 bits per heavy atom. The molecule has 126 valence electrons. The third kappa shape index (κ3) is 2.79. The molecule has 3 heterocycles. The lowest BCUT2D eigenvalue weighted by Crippen LogP contribution is -2.44. The van der Waals surface area contributed by atoms with Crippen LogP contribution in [0.3, 0.4) is 0 Å². The van der Waals surface area contributed by atoms with Crippen LogP contribution in [-0.2, 0) is 7.05 Å². The van der Waals surface area contributed by atoms with Crippen molar-refractivity contribution in [3.05, 3.63) is 41.7 Å². The molecule has 0 radical (unpaired) electrons. The summed E-state index contributed by atoms with van der Waals surface area (Å²) in [6, 6.07) is 8.08. The van der Waals surface area contributed by atoms with Crippen LogP contribution in [0.5, 0.6) is 5.75 Å². The van der Waals surface area contributed by atoms with E-state index in [1.165, 1.54) is 0 Å². The van der Waals surface area contributed by atoms with Crippen LogP contribution in [0.4, 0.5) is 5.69 Å². The van der Waals surface area contributed by atoms with E-state index in [1.54, 1.807) is 4.68 Å². The SMILES string of the molecule is CN1CCN(c2ccc3c(c2)OC(O)C(c2ccn(C)n2)=C3)CC1. The molecule has 4 rings (SSSR count). The van der Waals surface area contributed by atoms with E-state index in [1.807, 2.05) is 31.5 Å². The van der Waals surface area contributed by atoms with E-state index in [4.69, 9.17) is 4.74 Å². The average molecular weight is 326 g/mol. The molecule has 6 nitrogen and oxygen atoms in total. The first-order valence-electron chi connectivity index (χ1n) is 8.24. The van der Waals surface area contributed by atoms with Crippen LogP contribution in [0.1, 0.15) is 11.3 Å². The van der Waals surface area contributed by atoms with Crippen LogP contribution in [0.15, 0.2) is 30.5 Å². The predicted octanol–water partition coefficient (Wildman–Crippen LogP) is 1.42. The predicted molar refractivity (Wildman–Crippen MR) is 93.9 cm³/mol. The van der Waals surface area contributed by atoms with Crippen molar-refractivity contribution in [1.82, 2.24) is 14.7 Å². The van der Waals surface area contributed by atoms with Gasteiger partial charge in [-0.2, -0.15) is 5.10 Å². The van der Waals surface area contributed by atoms with Crippen molar-refractivity contribution in [3.63, 3.8) is 0 Å². The van der Waals surface area contributed by atoms with Crippen molar-refractivity contribution in [2.75, 3.05) is 38.1 Å². The zero-order chi connectivity index (χ0) is 16.7. The monoisotopic (exact) mass is 326 g/mol. The number of ether oxygens (including phenoxy) is 1. The summed E-state index contributed by atoms with van der Waals surface area (Å²) in [5.74, 6) is 0.721. The molecule has 2 aromatic rings. The molecule has 0 saturated carbocycles. The summed E-state index contributed by atoms with van der Waals surface area (Å²) in [7, 11) is 4.00. The van der Waals surface area contributed by atoms with Crippen LogP contribution in [0.25, 0.3) is 11.6 Å². The van der Waals surface area contributed by atoms with Gasteiger partial charge in [-0.3, -0.25) is 4.68 Å². The second kappa shape index (κ2) is 5.96. The first-order chi connectivity index (χ1) is 11.6. The molecule has 1 aromatic heterocycles. The number of anilines is 1. The molecule has 2 aliphatic rings. The van der Waals surface area contributed by atoms with E-state index < -0.39 is 6.29 Å². The van der Waals surface area contributed by atoms with Gasteiger partial charge in [0.1, 0.15) is 5.75 Å². The van der Waals surface area contributed by atoms with Crippen molar-refractivity contribution in [2.45, 2.75) is 6.29 Å². The summed E-state index contributed by atoms with van der Waals surface area (Å²) >= 11 is 0. The molecule has 0 bridgehead atoms. The number of nitrogens with zero attached hydrogens (tertiary/aromatic N) is 4. The molecule has 6 heteroatoms. The Hall–Kier alpha value is -2.31. The Kier molecular flexibility index (Phi) is 3.78. The van der Waals surface area contributed by atoms with Gasteiger partial charge in [0.05, 0.1) is 5.69 Å². The van der Waals surface area contributed by atoms with Gasteiger partial charge in [0, 0.05) is 62.3 Å². The Balaban J connectivity index is 1.62. The zero-order valence-corrected chi connectivity index (χ0v) is 14.0. The largest absolute Gasteiger partial charge is 0.460 e. The molecule has 0 spiro atoms. The number of piperazine rings is 1. The standard InChI is InChI=1S/C18H22N4O2/c1-20-7-9-22(10-8-20)14-4-3-13-11-15(16-5-6-21(2)19-16)18(23)24-17(13)12-14/h3-6,11-12,18,23H,7-10H2,1-2H3. The van der Waals surface area contributed by atoms with E-state index in [-0.39, 0.29) is 0 Å². The maximum atomic E-state index is 10.4. The van der Waals surface area contributed by atoms with Crippen molar-refractivity contribution < 1.29 is 9.84 Å². The van der Waals surface area contributed by atoms with Crippen molar-refractivity contribution in [2.24, 2.45) is 7.05 Å². The van der Waals surface area contributed by atoms with E-state index in [0.29, 0.717) is 5.57 Å². The fourth-order valence-corrected chi connectivity index (χ4v) is 3.20. The highest BCUT2D eigenvalue weighted by Gasteiger charge is 2.24. The molecule has 1 saturated heterocycles. The minimum atomic E-state index is -0.991. The van der Waals surface area contributed by atoms with Crippen LogP contribution < -0.4 is 9.64 Å². The normalized spacial score (nSPS) is 21.2. The lowest BCUT2D eigenvalue weighted by molar-refractivity contribution is 0.0317. The van der Waals surface area contributed by atoms with Gasteiger partial charge in [-0.05, 0) is 31.3 Å². The van der Waals surface area contributed by atoms with Crippen LogP contribution in [0.2, 0.25) is 0 Å². The summed E-state index contributed by atoms with van der Waals surface area (Å²) in [4.78, 5) is 4.69. The highest BCUT2D eigenvalue weighted by Crippen LogP contribution is 2.35. The van der Waals surface area contributed by atoms with E-state index in [0.717, 1.165) is 48.9 Å². The van der Waals surface area contributed by atoms with Gasteiger partial charge in [-0.15, -0.1) is 0 Å². The van der Waals surface area contributed by atoms with Gasteiger partial charge in [0.2, 0.25) is 6.29 Å².